The molecular formula is C18H17FO3. The average molecular weight is 300 g/mol. The lowest BCUT2D eigenvalue weighted by molar-refractivity contribution is 0.104. The highest BCUT2D eigenvalue weighted by atomic mass is 19.1. The number of carbonyl (C=O) groups is 1. The van der Waals surface area contributed by atoms with E-state index in [1.54, 1.807) is 49.6 Å². The van der Waals surface area contributed by atoms with Gasteiger partial charge in [-0.15, -0.1) is 0 Å². The van der Waals surface area contributed by atoms with E-state index in [9.17, 15) is 9.18 Å². The van der Waals surface area contributed by atoms with E-state index in [2.05, 4.69) is 0 Å². The van der Waals surface area contributed by atoms with Gasteiger partial charge in [0.25, 0.3) is 0 Å². The molecule has 4 heteroatoms. The van der Waals surface area contributed by atoms with Crippen molar-refractivity contribution in [1.29, 1.82) is 0 Å². The zero-order valence-corrected chi connectivity index (χ0v) is 12.3. The van der Waals surface area contributed by atoms with E-state index >= 15 is 0 Å². The lowest BCUT2D eigenvalue weighted by Crippen LogP contribution is -2.04. The van der Waals surface area contributed by atoms with E-state index in [1.807, 2.05) is 0 Å². The van der Waals surface area contributed by atoms with E-state index in [0.29, 0.717) is 30.1 Å². The second kappa shape index (κ2) is 8.10. The van der Waals surface area contributed by atoms with Crippen LogP contribution in [0.25, 0.3) is 6.08 Å². The Morgan fingerprint density at radius 2 is 1.82 bits per heavy atom. The largest absolute Gasteiger partial charge is 0.491 e. The molecular weight excluding hydrogens is 283 g/mol. The summed E-state index contributed by atoms with van der Waals surface area (Å²) in [6.45, 7) is 0.961. The van der Waals surface area contributed by atoms with Crippen molar-refractivity contribution < 1.29 is 18.7 Å². The van der Waals surface area contributed by atoms with Gasteiger partial charge in [-0.1, -0.05) is 18.2 Å². The van der Waals surface area contributed by atoms with Crippen LogP contribution in [0.15, 0.2) is 54.6 Å². The zero-order valence-electron chi connectivity index (χ0n) is 12.3. The third-order valence-electron chi connectivity index (χ3n) is 3.01. The van der Waals surface area contributed by atoms with Gasteiger partial charge in [0.15, 0.2) is 5.78 Å². The smallest absolute Gasteiger partial charge is 0.185 e. The lowest BCUT2D eigenvalue weighted by Gasteiger charge is -2.05. The summed E-state index contributed by atoms with van der Waals surface area (Å²) >= 11 is 0. The summed E-state index contributed by atoms with van der Waals surface area (Å²) in [5.74, 6) is 0.131. The van der Waals surface area contributed by atoms with Crippen molar-refractivity contribution in [3.63, 3.8) is 0 Å². The first kappa shape index (κ1) is 15.9. The maximum atomic E-state index is 13.5. The minimum Gasteiger partial charge on any atom is -0.491 e. The van der Waals surface area contributed by atoms with Crippen LogP contribution in [-0.4, -0.2) is 26.1 Å². The molecule has 0 heterocycles. The molecule has 2 aromatic carbocycles. The molecule has 0 unspecified atom stereocenters. The summed E-state index contributed by atoms with van der Waals surface area (Å²) < 4.78 is 23.8. The highest BCUT2D eigenvalue weighted by Gasteiger charge is 2.03. The van der Waals surface area contributed by atoms with E-state index in [0.717, 1.165) is 0 Å². The second-order valence-corrected chi connectivity index (χ2v) is 4.58. The number of allylic oxidation sites excluding steroid dienone is 1. The van der Waals surface area contributed by atoms with Gasteiger partial charge in [-0.2, -0.15) is 0 Å². The van der Waals surface area contributed by atoms with Crippen molar-refractivity contribution in [2.24, 2.45) is 0 Å². The number of benzene rings is 2. The summed E-state index contributed by atoms with van der Waals surface area (Å²) in [6, 6.07) is 13.1. The molecule has 2 aromatic rings. The molecule has 0 aliphatic heterocycles. The number of rotatable bonds is 7. The second-order valence-electron chi connectivity index (χ2n) is 4.58. The van der Waals surface area contributed by atoms with Gasteiger partial charge in [-0.3, -0.25) is 4.79 Å². The molecule has 0 amide bonds. The Hall–Kier alpha value is -2.46. The maximum Gasteiger partial charge on any atom is 0.185 e. The molecule has 0 fully saturated rings. The van der Waals surface area contributed by atoms with Crippen molar-refractivity contribution in [2.45, 2.75) is 0 Å². The normalized spacial score (nSPS) is 10.8. The first-order valence-corrected chi connectivity index (χ1v) is 6.89. The SMILES string of the molecule is COCCOc1ccc(C(=O)C=Cc2ccccc2F)cc1. The average Bonchev–Trinajstić information content (AvgIpc) is 2.55. The third kappa shape index (κ3) is 4.53. The Bertz CT molecular complexity index is 648. The third-order valence-corrected chi connectivity index (χ3v) is 3.01. The highest BCUT2D eigenvalue weighted by molar-refractivity contribution is 6.06. The van der Waals surface area contributed by atoms with Gasteiger partial charge in [-0.05, 0) is 42.5 Å². The van der Waals surface area contributed by atoms with Crippen LogP contribution in [0, 0.1) is 5.82 Å². The Labute approximate surface area is 129 Å². The first-order valence-electron chi connectivity index (χ1n) is 6.89. The number of ketones is 1. The van der Waals surface area contributed by atoms with Crippen LogP contribution in [0.2, 0.25) is 0 Å². The molecule has 2 rings (SSSR count). The molecule has 0 bridgehead atoms. The summed E-state index contributed by atoms with van der Waals surface area (Å²) in [7, 11) is 1.60. The molecule has 3 nitrogen and oxygen atoms in total. The molecule has 0 aromatic heterocycles. The predicted molar refractivity (Wildman–Crippen MR) is 83.6 cm³/mol. The molecule has 0 saturated carbocycles. The molecule has 0 N–H and O–H groups in total. The minimum atomic E-state index is -0.353. The monoisotopic (exact) mass is 300 g/mol. The number of halogens is 1. The van der Waals surface area contributed by atoms with Gasteiger partial charge >= 0.3 is 0 Å². The molecule has 0 saturated heterocycles. The topological polar surface area (TPSA) is 35.5 Å². The van der Waals surface area contributed by atoms with Crippen molar-refractivity contribution >= 4 is 11.9 Å². The fourth-order valence-electron chi connectivity index (χ4n) is 1.83. The quantitative estimate of drug-likeness (QED) is 0.444. The van der Waals surface area contributed by atoms with Crippen LogP contribution in [0.4, 0.5) is 4.39 Å². The predicted octanol–water partition coefficient (Wildman–Crippen LogP) is 3.75. The summed E-state index contributed by atoms with van der Waals surface area (Å²) in [6.07, 6.45) is 2.83. The van der Waals surface area contributed by atoms with Gasteiger partial charge in [0, 0.05) is 18.2 Å². The first-order chi connectivity index (χ1) is 10.7. The summed E-state index contributed by atoms with van der Waals surface area (Å²) in [4.78, 5) is 12.0. The van der Waals surface area contributed by atoms with Crippen LogP contribution < -0.4 is 4.74 Å². The number of methoxy groups -OCH3 is 1. The Morgan fingerprint density at radius 1 is 1.09 bits per heavy atom. The molecule has 0 radical (unpaired) electrons. The number of ether oxygens (including phenoxy) is 2. The fraction of sp³-hybridized carbons (Fsp3) is 0.167. The van der Waals surface area contributed by atoms with Crippen molar-refractivity contribution in [3.05, 3.63) is 71.6 Å². The minimum absolute atomic E-state index is 0.188. The van der Waals surface area contributed by atoms with Gasteiger partial charge in [0.05, 0.1) is 6.61 Å². The van der Waals surface area contributed by atoms with E-state index in [-0.39, 0.29) is 11.6 Å². The Kier molecular flexibility index (Phi) is 5.86. The molecule has 0 atom stereocenters. The summed E-state index contributed by atoms with van der Waals surface area (Å²) in [5.41, 5.74) is 0.905. The Balaban J connectivity index is 1.99. The number of hydrogen-bond acceptors (Lipinski definition) is 3. The van der Waals surface area contributed by atoms with Gasteiger partial charge in [-0.25, -0.2) is 4.39 Å². The highest BCUT2D eigenvalue weighted by Crippen LogP contribution is 2.14. The van der Waals surface area contributed by atoms with Crippen molar-refractivity contribution in [1.82, 2.24) is 0 Å². The standard InChI is InChI=1S/C18H17FO3/c1-21-12-13-22-16-9-6-15(7-10-16)18(20)11-8-14-4-2-3-5-17(14)19/h2-11H,12-13H2,1H3. The molecule has 0 spiro atoms. The lowest BCUT2D eigenvalue weighted by atomic mass is 10.1. The fourth-order valence-corrected chi connectivity index (χ4v) is 1.83. The van der Waals surface area contributed by atoms with Crippen molar-refractivity contribution in [3.8, 4) is 5.75 Å². The van der Waals surface area contributed by atoms with Gasteiger partial charge < -0.3 is 9.47 Å². The van der Waals surface area contributed by atoms with Crippen LogP contribution in [0.3, 0.4) is 0 Å². The zero-order chi connectivity index (χ0) is 15.8. The van der Waals surface area contributed by atoms with Crippen LogP contribution >= 0.6 is 0 Å². The maximum absolute atomic E-state index is 13.5. The molecule has 114 valence electrons. The van der Waals surface area contributed by atoms with E-state index < -0.39 is 0 Å². The number of hydrogen-bond donors (Lipinski definition) is 0. The Morgan fingerprint density at radius 3 is 2.50 bits per heavy atom. The van der Waals surface area contributed by atoms with Gasteiger partial charge in [0.2, 0.25) is 0 Å². The van der Waals surface area contributed by atoms with Crippen molar-refractivity contribution in [2.75, 3.05) is 20.3 Å². The van der Waals surface area contributed by atoms with Crippen LogP contribution in [-0.2, 0) is 4.74 Å². The van der Waals surface area contributed by atoms with E-state index in [4.69, 9.17) is 9.47 Å². The van der Waals surface area contributed by atoms with Crippen LogP contribution in [0.1, 0.15) is 15.9 Å². The molecule has 0 aliphatic carbocycles. The number of carbonyl (C=O) groups excluding carboxylic acids is 1. The van der Waals surface area contributed by atoms with E-state index in [1.165, 1.54) is 18.2 Å². The molecule has 22 heavy (non-hydrogen) atoms. The van der Waals surface area contributed by atoms with Gasteiger partial charge in [0.1, 0.15) is 18.2 Å². The molecule has 0 aliphatic rings. The van der Waals surface area contributed by atoms with Crippen LogP contribution in [0.5, 0.6) is 5.75 Å². The summed E-state index contributed by atoms with van der Waals surface area (Å²) in [5, 5.41) is 0.